The van der Waals surface area contributed by atoms with Crippen LogP contribution in [0.5, 0.6) is 0 Å². The Hall–Kier alpha value is -1.38. The summed E-state index contributed by atoms with van der Waals surface area (Å²) in [6.45, 7) is 2.10. The highest BCUT2D eigenvalue weighted by Crippen LogP contribution is 2.53. The van der Waals surface area contributed by atoms with E-state index >= 15 is 0 Å². The van der Waals surface area contributed by atoms with Gasteiger partial charge in [0, 0.05) is 12.4 Å². The minimum atomic E-state index is -0.384. The molecule has 0 amide bonds. The van der Waals surface area contributed by atoms with Crippen molar-refractivity contribution in [3.8, 4) is 0 Å². The second kappa shape index (κ2) is 5.72. The Morgan fingerprint density at radius 2 is 1.95 bits per heavy atom. The molecule has 2 aromatic rings. The molecule has 1 aromatic carbocycles. The summed E-state index contributed by atoms with van der Waals surface area (Å²) in [5, 5.41) is 10.3. The topological polar surface area (TPSA) is 33.1 Å². The molecule has 1 heterocycles. The fraction of sp³-hybridized carbons (Fsp3) is 0.312. The molecule has 2 nitrogen and oxygen atoms in total. The summed E-state index contributed by atoms with van der Waals surface area (Å²) in [6.07, 6.45) is 4.18. The molecule has 1 aliphatic carbocycles. The summed E-state index contributed by atoms with van der Waals surface area (Å²) in [7, 11) is 0. The molecule has 3 atom stereocenters. The summed E-state index contributed by atoms with van der Waals surface area (Å²) in [4.78, 5) is 4.07. The van der Waals surface area contributed by atoms with Gasteiger partial charge in [-0.25, -0.2) is 0 Å². The first-order chi connectivity index (χ1) is 8.75. The van der Waals surface area contributed by atoms with Gasteiger partial charge in [0.05, 0.1) is 6.10 Å². The number of benzene rings is 1. The van der Waals surface area contributed by atoms with Crippen LogP contribution in [0.3, 0.4) is 0 Å². The minimum Gasteiger partial charge on any atom is -0.388 e. The smallest absolute Gasteiger partial charge is 0.0839 e. The molecular weight excluding hydrogens is 258 g/mol. The van der Waals surface area contributed by atoms with Crippen molar-refractivity contribution in [1.29, 1.82) is 0 Å². The zero-order valence-electron chi connectivity index (χ0n) is 10.9. The third-order valence-corrected chi connectivity index (χ3v) is 3.78. The van der Waals surface area contributed by atoms with E-state index in [-0.39, 0.29) is 18.5 Å². The van der Waals surface area contributed by atoms with E-state index in [1.165, 1.54) is 11.1 Å². The number of aromatic nitrogens is 1. The molecule has 0 aliphatic heterocycles. The van der Waals surface area contributed by atoms with E-state index in [4.69, 9.17) is 0 Å². The van der Waals surface area contributed by atoms with Crippen LogP contribution in [0.1, 0.15) is 35.1 Å². The van der Waals surface area contributed by atoms with Crippen LogP contribution in [0.4, 0.5) is 0 Å². The summed E-state index contributed by atoms with van der Waals surface area (Å²) < 4.78 is 0. The third kappa shape index (κ3) is 2.96. The average Bonchev–Trinajstić information content (AvgIpc) is 3.20. The van der Waals surface area contributed by atoms with Gasteiger partial charge in [0.2, 0.25) is 0 Å². The summed E-state index contributed by atoms with van der Waals surface area (Å²) in [6, 6.07) is 12.5. The van der Waals surface area contributed by atoms with Crippen molar-refractivity contribution in [2.45, 2.75) is 25.4 Å². The van der Waals surface area contributed by atoms with Crippen molar-refractivity contribution in [1.82, 2.24) is 4.98 Å². The molecule has 0 radical (unpaired) electrons. The maximum Gasteiger partial charge on any atom is 0.0839 e. The molecule has 1 N–H and O–H groups in total. The predicted molar refractivity (Wildman–Crippen MR) is 78.5 cm³/mol. The van der Waals surface area contributed by atoms with E-state index in [2.05, 4.69) is 36.2 Å². The van der Waals surface area contributed by atoms with Gasteiger partial charge < -0.3 is 5.11 Å². The Bertz CT molecular complexity index is 526. The van der Waals surface area contributed by atoms with Gasteiger partial charge in [-0.05, 0) is 42.4 Å². The van der Waals surface area contributed by atoms with E-state index in [0.29, 0.717) is 11.8 Å². The summed E-state index contributed by atoms with van der Waals surface area (Å²) in [5.74, 6) is 0.845. The van der Waals surface area contributed by atoms with Gasteiger partial charge in [0.25, 0.3) is 0 Å². The maximum atomic E-state index is 10.3. The second-order valence-corrected chi connectivity index (χ2v) is 5.15. The summed E-state index contributed by atoms with van der Waals surface area (Å²) in [5.41, 5.74) is 3.55. The molecule has 3 rings (SSSR count). The lowest BCUT2D eigenvalue weighted by atomic mass is 10.0. The van der Waals surface area contributed by atoms with Crippen molar-refractivity contribution in [2.75, 3.05) is 0 Å². The molecule has 0 unspecified atom stereocenters. The molecule has 3 heteroatoms. The second-order valence-electron chi connectivity index (χ2n) is 5.15. The number of rotatable bonds is 3. The van der Waals surface area contributed by atoms with E-state index in [1.807, 2.05) is 12.1 Å². The Labute approximate surface area is 119 Å². The lowest BCUT2D eigenvalue weighted by Crippen LogP contribution is -2.01. The van der Waals surface area contributed by atoms with Crippen molar-refractivity contribution in [3.05, 3.63) is 65.5 Å². The van der Waals surface area contributed by atoms with Gasteiger partial charge in [-0.2, -0.15) is 0 Å². The number of aryl methyl sites for hydroxylation is 1. The van der Waals surface area contributed by atoms with Gasteiger partial charge in [-0.15, -0.1) is 12.4 Å². The van der Waals surface area contributed by atoms with Gasteiger partial charge in [0.1, 0.15) is 0 Å². The van der Waals surface area contributed by atoms with E-state index < -0.39 is 0 Å². The van der Waals surface area contributed by atoms with E-state index in [0.717, 1.165) is 12.0 Å². The molecule has 1 aromatic heterocycles. The maximum absolute atomic E-state index is 10.3. The van der Waals surface area contributed by atoms with Gasteiger partial charge in [0.15, 0.2) is 0 Å². The average molecular weight is 276 g/mol. The highest BCUT2D eigenvalue weighted by molar-refractivity contribution is 5.85. The molecule has 100 valence electrons. The lowest BCUT2D eigenvalue weighted by molar-refractivity contribution is 0.151. The number of aliphatic hydroxyl groups is 1. The predicted octanol–water partition coefficient (Wildman–Crippen LogP) is 3.65. The Morgan fingerprint density at radius 1 is 1.21 bits per heavy atom. The number of hydrogen-bond acceptors (Lipinski definition) is 2. The van der Waals surface area contributed by atoms with Crippen molar-refractivity contribution < 1.29 is 5.11 Å². The number of hydrogen-bond donors (Lipinski definition) is 1. The fourth-order valence-electron chi connectivity index (χ4n) is 2.56. The van der Waals surface area contributed by atoms with Crippen LogP contribution >= 0.6 is 12.4 Å². The number of nitrogens with zero attached hydrogens (tertiary/aromatic N) is 1. The summed E-state index contributed by atoms with van der Waals surface area (Å²) >= 11 is 0. The Morgan fingerprint density at radius 3 is 2.58 bits per heavy atom. The SMILES string of the molecule is Cc1ccc([C@H]2C[C@@H]2[C@H](O)c2cccnc2)cc1.Cl. The standard InChI is InChI=1S/C16H17NO.ClH/c1-11-4-6-12(7-5-11)14-9-15(14)16(18)13-3-2-8-17-10-13;/h2-8,10,14-16,18H,9H2,1H3;1H/t14-,15+,16-;/m1./s1. The Balaban J connectivity index is 0.00000133. The van der Waals surface area contributed by atoms with E-state index in [9.17, 15) is 5.11 Å². The molecule has 19 heavy (non-hydrogen) atoms. The molecule has 0 bridgehead atoms. The number of halogens is 1. The van der Waals surface area contributed by atoms with Crippen LogP contribution in [-0.4, -0.2) is 10.1 Å². The molecular formula is C16H18ClNO. The lowest BCUT2D eigenvalue weighted by Gasteiger charge is -2.10. The third-order valence-electron chi connectivity index (χ3n) is 3.78. The number of aliphatic hydroxyl groups excluding tert-OH is 1. The van der Waals surface area contributed by atoms with Gasteiger partial charge in [-0.1, -0.05) is 35.9 Å². The van der Waals surface area contributed by atoms with Crippen molar-refractivity contribution >= 4 is 12.4 Å². The van der Waals surface area contributed by atoms with Crippen LogP contribution in [0, 0.1) is 12.8 Å². The highest BCUT2D eigenvalue weighted by atomic mass is 35.5. The van der Waals surface area contributed by atoms with E-state index in [1.54, 1.807) is 12.4 Å². The molecule has 1 fully saturated rings. The highest BCUT2D eigenvalue weighted by Gasteiger charge is 2.43. The number of pyridine rings is 1. The minimum absolute atomic E-state index is 0. The normalized spacial score (nSPS) is 22.4. The molecule has 1 saturated carbocycles. The fourth-order valence-corrected chi connectivity index (χ4v) is 2.56. The first-order valence-corrected chi connectivity index (χ1v) is 6.40. The van der Waals surface area contributed by atoms with Crippen LogP contribution in [-0.2, 0) is 0 Å². The largest absolute Gasteiger partial charge is 0.388 e. The molecule has 0 saturated heterocycles. The zero-order valence-corrected chi connectivity index (χ0v) is 11.7. The van der Waals surface area contributed by atoms with Gasteiger partial charge in [-0.3, -0.25) is 4.98 Å². The quantitative estimate of drug-likeness (QED) is 0.928. The molecule has 1 aliphatic rings. The Kier molecular flexibility index (Phi) is 4.23. The first kappa shape index (κ1) is 14.0. The zero-order chi connectivity index (χ0) is 12.5. The van der Waals surface area contributed by atoms with Crippen molar-refractivity contribution in [3.63, 3.8) is 0 Å². The van der Waals surface area contributed by atoms with Gasteiger partial charge >= 0.3 is 0 Å². The van der Waals surface area contributed by atoms with Crippen LogP contribution in [0.25, 0.3) is 0 Å². The van der Waals surface area contributed by atoms with Crippen molar-refractivity contribution in [2.24, 2.45) is 5.92 Å². The molecule has 0 spiro atoms. The van der Waals surface area contributed by atoms with Crippen LogP contribution in [0.2, 0.25) is 0 Å². The first-order valence-electron chi connectivity index (χ1n) is 6.40. The monoisotopic (exact) mass is 275 g/mol. The van der Waals surface area contributed by atoms with Crippen LogP contribution < -0.4 is 0 Å². The van der Waals surface area contributed by atoms with Crippen LogP contribution in [0.15, 0.2) is 48.8 Å².